The van der Waals surface area contributed by atoms with Crippen LogP contribution in [0, 0.1) is 13.8 Å². The quantitative estimate of drug-likeness (QED) is 0.334. The molecule has 0 amide bonds. The van der Waals surface area contributed by atoms with Crippen LogP contribution in [0.25, 0.3) is 10.9 Å². The Kier molecular flexibility index (Phi) is 5.87. The molecule has 2 aromatic carbocycles. The van der Waals surface area contributed by atoms with Crippen molar-refractivity contribution in [2.45, 2.75) is 33.3 Å². The van der Waals surface area contributed by atoms with Gasteiger partial charge in [-0.3, -0.25) is 9.59 Å². The molecule has 0 saturated carbocycles. The van der Waals surface area contributed by atoms with Crippen molar-refractivity contribution in [2.24, 2.45) is 0 Å². The molecule has 0 aliphatic carbocycles. The molecule has 1 heterocycles. The monoisotopic (exact) mass is 381 g/mol. The summed E-state index contributed by atoms with van der Waals surface area (Å²) in [4.78, 5) is 28.5. The molecule has 0 unspecified atom stereocenters. The number of ketones is 1. The summed E-state index contributed by atoms with van der Waals surface area (Å²) < 4.78 is 5.27. The van der Waals surface area contributed by atoms with Gasteiger partial charge >= 0.3 is 5.97 Å². The maximum Gasteiger partial charge on any atom is 0.306 e. The minimum absolute atomic E-state index is 0.0323. The predicted octanol–water partition coefficient (Wildman–Crippen LogP) is 5.21. The molecule has 0 saturated heterocycles. The molecular weight excluding hydrogens is 362 g/mol. The third-order valence-electron chi connectivity index (χ3n) is 4.32. The molecule has 1 aromatic heterocycles. The number of hydrogen-bond acceptors (Lipinski definition) is 4. The van der Waals surface area contributed by atoms with Gasteiger partial charge in [0.1, 0.15) is 11.8 Å². The van der Waals surface area contributed by atoms with E-state index in [4.69, 9.17) is 16.3 Å². The number of Topliss-reactive ketones (excluding diaryl/α,β-unsaturated/α-hetero) is 1. The number of rotatable bonds is 6. The summed E-state index contributed by atoms with van der Waals surface area (Å²) in [5.74, 6) is -0.511. The summed E-state index contributed by atoms with van der Waals surface area (Å²) in [6.45, 7) is 3.98. The second kappa shape index (κ2) is 8.31. The van der Waals surface area contributed by atoms with E-state index in [-0.39, 0.29) is 25.2 Å². The smallest absolute Gasteiger partial charge is 0.306 e. The van der Waals surface area contributed by atoms with Crippen molar-refractivity contribution in [2.75, 3.05) is 0 Å². The third kappa shape index (κ3) is 4.92. The average Bonchev–Trinajstić information content (AvgIpc) is 2.65. The van der Waals surface area contributed by atoms with Gasteiger partial charge in [-0.25, -0.2) is 4.98 Å². The number of halogens is 1. The molecule has 138 valence electrons. The Morgan fingerprint density at radius 3 is 2.41 bits per heavy atom. The Bertz CT molecular complexity index is 996. The van der Waals surface area contributed by atoms with Crippen LogP contribution in [0.4, 0.5) is 0 Å². The average molecular weight is 382 g/mol. The minimum atomic E-state index is -0.435. The van der Waals surface area contributed by atoms with Crippen molar-refractivity contribution < 1.29 is 14.3 Å². The maximum atomic E-state index is 12.1. The number of pyridine rings is 1. The Labute approximate surface area is 163 Å². The van der Waals surface area contributed by atoms with E-state index in [0.29, 0.717) is 16.3 Å². The number of aryl methyl sites for hydroxylation is 2. The number of carbonyl (C=O) groups excluding carboxylic acids is 2. The molecule has 3 rings (SSSR count). The second-order valence-electron chi connectivity index (χ2n) is 6.58. The van der Waals surface area contributed by atoms with Gasteiger partial charge < -0.3 is 4.74 Å². The van der Waals surface area contributed by atoms with E-state index in [1.54, 1.807) is 12.1 Å². The van der Waals surface area contributed by atoms with E-state index in [1.165, 1.54) is 0 Å². The normalized spacial score (nSPS) is 10.8. The highest BCUT2D eigenvalue weighted by Gasteiger charge is 2.12. The van der Waals surface area contributed by atoms with Gasteiger partial charge in [0.05, 0.1) is 11.9 Å². The van der Waals surface area contributed by atoms with Crippen molar-refractivity contribution in [1.29, 1.82) is 0 Å². The van der Waals surface area contributed by atoms with Gasteiger partial charge in [-0.1, -0.05) is 53.6 Å². The van der Waals surface area contributed by atoms with Crippen LogP contribution in [-0.4, -0.2) is 16.7 Å². The molecule has 0 radical (unpaired) electrons. The molecule has 4 nitrogen and oxygen atoms in total. The number of benzene rings is 2. The van der Waals surface area contributed by atoms with Gasteiger partial charge in [-0.15, -0.1) is 0 Å². The first kappa shape index (κ1) is 19.1. The Balaban J connectivity index is 1.56. The first-order valence-electron chi connectivity index (χ1n) is 8.73. The van der Waals surface area contributed by atoms with Crippen LogP contribution in [-0.2, 0) is 16.1 Å². The van der Waals surface area contributed by atoms with Crippen molar-refractivity contribution in [3.63, 3.8) is 0 Å². The minimum Gasteiger partial charge on any atom is -0.461 e. The molecule has 0 aliphatic heterocycles. The van der Waals surface area contributed by atoms with Gasteiger partial charge in [0.2, 0.25) is 0 Å². The molecule has 0 aliphatic rings. The first-order valence-corrected chi connectivity index (χ1v) is 9.11. The molecule has 0 bridgehead atoms. The van der Waals surface area contributed by atoms with Crippen LogP contribution >= 0.6 is 11.6 Å². The lowest BCUT2D eigenvalue weighted by Crippen LogP contribution is -2.08. The lowest BCUT2D eigenvalue weighted by Gasteiger charge is -2.08. The topological polar surface area (TPSA) is 56.3 Å². The fourth-order valence-corrected chi connectivity index (χ4v) is 2.93. The van der Waals surface area contributed by atoms with Gasteiger partial charge in [0, 0.05) is 22.9 Å². The van der Waals surface area contributed by atoms with E-state index < -0.39 is 5.97 Å². The van der Waals surface area contributed by atoms with E-state index >= 15 is 0 Å². The predicted molar refractivity (Wildman–Crippen MR) is 106 cm³/mol. The summed E-state index contributed by atoms with van der Waals surface area (Å²) in [7, 11) is 0. The van der Waals surface area contributed by atoms with Gasteiger partial charge in [-0.05, 0) is 31.5 Å². The van der Waals surface area contributed by atoms with Crippen LogP contribution < -0.4 is 0 Å². The molecule has 5 heteroatoms. The number of aromatic nitrogens is 1. The highest BCUT2D eigenvalue weighted by atomic mass is 35.5. The van der Waals surface area contributed by atoms with Crippen LogP contribution in [0.2, 0.25) is 5.15 Å². The van der Waals surface area contributed by atoms with E-state index in [1.807, 2.05) is 50.2 Å². The van der Waals surface area contributed by atoms with Gasteiger partial charge in [0.25, 0.3) is 0 Å². The Hall–Kier alpha value is -2.72. The Morgan fingerprint density at radius 2 is 1.67 bits per heavy atom. The fourth-order valence-electron chi connectivity index (χ4n) is 2.73. The van der Waals surface area contributed by atoms with Crippen molar-refractivity contribution in [3.05, 3.63) is 75.9 Å². The Morgan fingerprint density at radius 1 is 0.963 bits per heavy atom. The molecule has 0 atom stereocenters. The lowest BCUT2D eigenvalue weighted by molar-refractivity contribution is -0.144. The first-order chi connectivity index (χ1) is 12.9. The summed E-state index contributed by atoms with van der Waals surface area (Å²) in [5.41, 5.74) is 4.24. The second-order valence-corrected chi connectivity index (χ2v) is 6.94. The standard InChI is InChI=1S/C22H20ClNO3/c1-14-3-6-16(7-4-14)20(25)9-10-21(26)27-13-18-12-17-8-5-15(2)11-19(17)24-22(18)23/h3-8,11-12H,9-10,13H2,1-2H3. The molecule has 0 N–H and O–H groups in total. The van der Waals surface area contributed by atoms with Crippen LogP contribution in [0.1, 0.15) is 39.9 Å². The summed E-state index contributed by atoms with van der Waals surface area (Å²) in [5, 5.41) is 1.25. The van der Waals surface area contributed by atoms with Crippen molar-refractivity contribution in [1.82, 2.24) is 4.98 Å². The van der Waals surface area contributed by atoms with Gasteiger partial charge in [0.15, 0.2) is 5.78 Å². The largest absolute Gasteiger partial charge is 0.461 e. The zero-order valence-electron chi connectivity index (χ0n) is 15.3. The lowest BCUT2D eigenvalue weighted by atomic mass is 10.1. The summed E-state index contributed by atoms with van der Waals surface area (Å²) >= 11 is 6.20. The van der Waals surface area contributed by atoms with Crippen molar-refractivity contribution >= 4 is 34.3 Å². The molecular formula is C22H20ClNO3. The number of hydrogen-bond donors (Lipinski definition) is 0. The zero-order valence-corrected chi connectivity index (χ0v) is 16.0. The maximum absolute atomic E-state index is 12.1. The summed E-state index contributed by atoms with van der Waals surface area (Å²) in [6, 6.07) is 15.1. The highest BCUT2D eigenvalue weighted by molar-refractivity contribution is 6.30. The third-order valence-corrected chi connectivity index (χ3v) is 4.64. The van der Waals surface area contributed by atoms with E-state index in [9.17, 15) is 9.59 Å². The van der Waals surface area contributed by atoms with Crippen LogP contribution in [0.15, 0.2) is 48.5 Å². The molecule has 3 aromatic rings. The van der Waals surface area contributed by atoms with Crippen molar-refractivity contribution in [3.8, 4) is 0 Å². The van der Waals surface area contributed by atoms with E-state index in [2.05, 4.69) is 4.98 Å². The number of ether oxygens (including phenoxy) is 1. The number of fused-ring (bicyclic) bond motifs is 1. The molecule has 27 heavy (non-hydrogen) atoms. The SMILES string of the molecule is Cc1ccc(C(=O)CCC(=O)OCc2cc3ccc(C)cc3nc2Cl)cc1. The van der Waals surface area contributed by atoms with E-state index in [0.717, 1.165) is 22.0 Å². The summed E-state index contributed by atoms with van der Waals surface area (Å²) in [6.07, 6.45) is 0.148. The molecule has 0 fully saturated rings. The number of carbonyl (C=O) groups is 2. The fraction of sp³-hybridized carbons (Fsp3) is 0.227. The number of esters is 1. The van der Waals surface area contributed by atoms with Crippen LogP contribution in [0.5, 0.6) is 0 Å². The highest BCUT2D eigenvalue weighted by Crippen LogP contribution is 2.22. The van der Waals surface area contributed by atoms with Crippen LogP contribution in [0.3, 0.4) is 0 Å². The molecule has 0 spiro atoms. The zero-order chi connectivity index (χ0) is 19.4. The van der Waals surface area contributed by atoms with Gasteiger partial charge in [-0.2, -0.15) is 0 Å². The number of nitrogens with zero attached hydrogens (tertiary/aromatic N) is 1.